The molecule has 0 aliphatic carbocycles. The minimum Gasteiger partial charge on any atom is -0.460 e. The van der Waals surface area contributed by atoms with Crippen molar-refractivity contribution in [1.29, 1.82) is 0 Å². The smallest absolute Gasteiger partial charge is 0.375 e. The zero-order valence-electron chi connectivity index (χ0n) is 9.51. The fraction of sp³-hybridized carbons (Fsp3) is 0.273. The SMILES string of the molecule is CCOC(=O)c1cnc(-c2cnc(C)nc2)o1. The van der Waals surface area contributed by atoms with Gasteiger partial charge in [-0.2, -0.15) is 0 Å². The second-order valence-electron chi connectivity index (χ2n) is 3.27. The predicted molar refractivity (Wildman–Crippen MR) is 58.2 cm³/mol. The Kier molecular flexibility index (Phi) is 3.13. The summed E-state index contributed by atoms with van der Waals surface area (Å²) in [5.41, 5.74) is 0.617. The molecule has 2 aromatic rings. The van der Waals surface area contributed by atoms with E-state index in [4.69, 9.17) is 9.15 Å². The molecule has 0 saturated carbocycles. The van der Waals surface area contributed by atoms with Crippen LogP contribution in [0.15, 0.2) is 23.0 Å². The molecule has 2 rings (SSSR count). The molecule has 0 aromatic carbocycles. The van der Waals surface area contributed by atoms with Gasteiger partial charge in [-0.05, 0) is 13.8 Å². The number of hydrogen-bond acceptors (Lipinski definition) is 6. The van der Waals surface area contributed by atoms with Crippen LogP contribution in [0.25, 0.3) is 11.5 Å². The number of carbonyl (C=O) groups excluding carboxylic acids is 1. The molecular weight excluding hydrogens is 222 g/mol. The first kappa shape index (κ1) is 11.3. The maximum atomic E-state index is 11.4. The zero-order valence-corrected chi connectivity index (χ0v) is 9.51. The molecule has 6 nitrogen and oxygen atoms in total. The quantitative estimate of drug-likeness (QED) is 0.749. The summed E-state index contributed by atoms with van der Waals surface area (Å²) in [6.07, 6.45) is 4.50. The molecule has 2 heterocycles. The molecule has 0 aliphatic rings. The number of hydrogen-bond donors (Lipinski definition) is 0. The van der Waals surface area contributed by atoms with Gasteiger partial charge in [0.15, 0.2) is 0 Å². The average molecular weight is 233 g/mol. The first-order chi connectivity index (χ1) is 8.20. The van der Waals surface area contributed by atoms with Crippen LogP contribution < -0.4 is 0 Å². The first-order valence-electron chi connectivity index (χ1n) is 5.12. The molecule has 0 radical (unpaired) electrons. The minimum atomic E-state index is -0.528. The van der Waals surface area contributed by atoms with Crippen LogP contribution in [0.1, 0.15) is 23.3 Å². The Balaban J connectivity index is 2.23. The Bertz CT molecular complexity index is 519. The normalized spacial score (nSPS) is 10.2. The predicted octanol–water partition coefficient (Wildman–Crippen LogP) is 1.62. The van der Waals surface area contributed by atoms with E-state index < -0.39 is 5.97 Å². The molecule has 2 aromatic heterocycles. The van der Waals surface area contributed by atoms with Gasteiger partial charge in [-0.25, -0.2) is 19.7 Å². The van der Waals surface area contributed by atoms with Crippen molar-refractivity contribution >= 4 is 5.97 Å². The second-order valence-corrected chi connectivity index (χ2v) is 3.27. The van der Waals surface area contributed by atoms with Crippen molar-refractivity contribution in [3.8, 4) is 11.5 Å². The number of oxazole rings is 1. The van der Waals surface area contributed by atoms with Crippen molar-refractivity contribution in [1.82, 2.24) is 15.0 Å². The van der Waals surface area contributed by atoms with E-state index in [2.05, 4.69) is 15.0 Å². The minimum absolute atomic E-state index is 0.0717. The van der Waals surface area contributed by atoms with Crippen molar-refractivity contribution in [3.63, 3.8) is 0 Å². The van der Waals surface area contributed by atoms with E-state index in [-0.39, 0.29) is 5.76 Å². The van der Waals surface area contributed by atoms with Gasteiger partial charge in [0.05, 0.1) is 18.4 Å². The molecule has 17 heavy (non-hydrogen) atoms. The van der Waals surface area contributed by atoms with Crippen LogP contribution in [-0.4, -0.2) is 27.5 Å². The van der Waals surface area contributed by atoms with Gasteiger partial charge in [0.1, 0.15) is 5.82 Å². The highest BCUT2D eigenvalue weighted by molar-refractivity contribution is 5.86. The highest BCUT2D eigenvalue weighted by Gasteiger charge is 2.14. The topological polar surface area (TPSA) is 78.1 Å². The fourth-order valence-corrected chi connectivity index (χ4v) is 1.21. The van der Waals surface area contributed by atoms with Crippen LogP contribution in [-0.2, 0) is 4.74 Å². The highest BCUT2D eigenvalue weighted by Crippen LogP contribution is 2.17. The standard InChI is InChI=1S/C11H11N3O3/c1-3-16-11(15)9-6-14-10(17-9)8-4-12-7(2)13-5-8/h4-6H,3H2,1-2H3. The number of aryl methyl sites for hydroxylation is 1. The van der Waals surface area contributed by atoms with E-state index in [0.717, 1.165) is 0 Å². The second kappa shape index (κ2) is 4.73. The molecule has 0 atom stereocenters. The third kappa shape index (κ3) is 2.47. The summed E-state index contributed by atoms with van der Waals surface area (Å²) >= 11 is 0. The summed E-state index contributed by atoms with van der Waals surface area (Å²) in [5, 5.41) is 0. The Morgan fingerprint density at radius 1 is 1.29 bits per heavy atom. The van der Waals surface area contributed by atoms with Crippen molar-refractivity contribution in [3.05, 3.63) is 30.2 Å². The molecule has 0 saturated heterocycles. The van der Waals surface area contributed by atoms with Crippen LogP contribution in [0, 0.1) is 6.92 Å². The Labute approximate surface area is 97.7 Å². The third-order valence-corrected chi connectivity index (χ3v) is 2.01. The Hall–Kier alpha value is -2.24. The molecule has 0 N–H and O–H groups in total. The lowest BCUT2D eigenvalue weighted by molar-refractivity contribution is 0.0491. The third-order valence-electron chi connectivity index (χ3n) is 2.01. The van der Waals surface area contributed by atoms with Crippen molar-refractivity contribution in [2.45, 2.75) is 13.8 Å². The molecule has 0 amide bonds. The number of rotatable bonds is 3. The Morgan fingerprint density at radius 2 is 2.00 bits per heavy atom. The molecule has 88 valence electrons. The molecule has 0 unspecified atom stereocenters. The lowest BCUT2D eigenvalue weighted by Crippen LogP contribution is -2.02. The van der Waals surface area contributed by atoms with Gasteiger partial charge in [0.25, 0.3) is 0 Å². The molecule has 0 fully saturated rings. The summed E-state index contributed by atoms with van der Waals surface area (Å²) in [6, 6.07) is 0. The number of ether oxygens (including phenoxy) is 1. The highest BCUT2D eigenvalue weighted by atomic mass is 16.5. The largest absolute Gasteiger partial charge is 0.460 e. The van der Waals surface area contributed by atoms with Crippen molar-refractivity contribution in [2.24, 2.45) is 0 Å². The van der Waals surface area contributed by atoms with E-state index in [1.165, 1.54) is 6.20 Å². The number of carbonyl (C=O) groups is 1. The summed E-state index contributed by atoms with van der Waals surface area (Å²) < 4.78 is 10.1. The van der Waals surface area contributed by atoms with Crippen LogP contribution >= 0.6 is 0 Å². The van der Waals surface area contributed by atoms with Gasteiger partial charge in [0, 0.05) is 12.4 Å². The van der Waals surface area contributed by atoms with Gasteiger partial charge < -0.3 is 9.15 Å². The summed E-state index contributed by atoms with van der Waals surface area (Å²) in [6.45, 7) is 3.80. The number of esters is 1. The van der Waals surface area contributed by atoms with Gasteiger partial charge >= 0.3 is 5.97 Å². The Morgan fingerprint density at radius 3 is 2.65 bits per heavy atom. The lowest BCUT2D eigenvalue weighted by Gasteiger charge is -1.96. The van der Waals surface area contributed by atoms with Gasteiger partial charge in [-0.3, -0.25) is 0 Å². The van der Waals surface area contributed by atoms with E-state index in [1.807, 2.05) is 0 Å². The monoisotopic (exact) mass is 233 g/mol. The van der Waals surface area contributed by atoms with Crippen LogP contribution in [0.3, 0.4) is 0 Å². The van der Waals surface area contributed by atoms with Crippen LogP contribution in [0.2, 0.25) is 0 Å². The van der Waals surface area contributed by atoms with E-state index in [1.54, 1.807) is 26.2 Å². The van der Waals surface area contributed by atoms with Crippen LogP contribution in [0.4, 0.5) is 0 Å². The van der Waals surface area contributed by atoms with Crippen molar-refractivity contribution < 1.29 is 13.9 Å². The molecular formula is C11H11N3O3. The molecule has 6 heteroatoms. The average Bonchev–Trinajstić information content (AvgIpc) is 2.80. The van der Waals surface area contributed by atoms with E-state index in [9.17, 15) is 4.79 Å². The molecule has 0 spiro atoms. The van der Waals surface area contributed by atoms with Crippen LogP contribution in [0.5, 0.6) is 0 Å². The van der Waals surface area contributed by atoms with E-state index >= 15 is 0 Å². The summed E-state index contributed by atoms with van der Waals surface area (Å²) in [4.78, 5) is 23.4. The number of aromatic nitrogens is 3. The van der Waals surface area contributed by atoms with Gasteiger partial charge in [0.2, 0.25) is 11.7 Å². The molecule has 0 bridgehead atoms. The van der Waals surface area contributed by atoms with Gasteiger partial charge in [-0.15, -0.1) is 0 Å². The fourth-order valence-electron chi connectivity index (χ4n) is 1.21. The maximum absolute atomic E-state index is 11.4. The summed E-state index contributed by atoms with van der Waals surface area (Å²) in [7, 11) is 0. The lowest BCUT2D eigenvalue weighted by atomic mass is 10.3. The molecule has 0 aliphatic heterocycles. The number of nitrogens with zero attached hydrogens (tertiary/aromatic N) is 3. The summed E-state index contributed by atoms with van der Waals surface area (Å²) in [5.74, 6) is 0.501. The van der Waals surface area contributed by atoms with Gasteiger partial charge in [-0.1, -0.05) is 0 Å². The van der Waals surface area contributed by atoms with E-state index in [0.29, 0.717) is 23.9 Å². The maximum Gasteiger partial charge on any atom is 0.375 e. The van der Waals surface area contributed by atoms with Crippen molar-refractivity contribution in [2.75, 3.05) is 6.61 Å². The zero-order chi connectivity index (χ0) is 12.3. The first-order valence-corrected chi connectivity index (χ1v) is 5.12.